The Morgan fingerprint density at radius 2 is 2.33 bits per heavy atom. The Balaban J connectivity index is 1.98. The van der Waals surface area contributed by atoms with Crippen molar-refractivity contribution in [2.75, 3.05) is 32.6 Å². The fraction of sp³-hybridized carbons (Fsp3) is 1.00. The summed E-state index contributed by atoms with van der Waals surface area (Å²) in [5.41, 5.74) is 0. The quantitative estimate of drug-likeness (QED) is 0.544. The van der Waals surface area contributed by atoms with Gasteiger partial charge in [0.1, 0.15) is 0 Å². The summed E-state index contributed by atoms with van der Waals surface area (Å²) in [5, 5.41) is 0. The Labute approximate surface area is 60.7 Å². The van der Waals surface area contributed by atoms with E-state index in [1.54, 1.807) is 7.11 Å². The number of likely N-dealkylation sites (tertiary alicyclic amines) is 1. The zero-order valence-corrected chi connectivity index (χ0v) is 6.40. The topological polar surface area (TPSA) is 12.5 Å². The summed E-state index contributed by atoms with van der Waals surface area (Å²) in [5.74, 6) is 0.733. The third-order valence-corrected chi connectivity index (χ3v) is 1.83. The molecule has 0 atom stereocenters. The van der Waals surface area contributed by atoms with Crippen LogP contribution in [0.5, 0.6) is 0 Å². The number of hydrogen-bond acceptors (Lipinski definition) is 2. The first-order valence-corrected chi connectivity index (χ1v) is 3.71. The molecule has 0 saturated carbocycles. The Bertz CT molecular complexity index is 83.1. The van der Waals surface area contributed by atoms with Gasteiger partial charge in [0.15, 0.2) is 0 Å². The van der Waals surface area contributed by atoms with E-state index in [4.69, 9.17) is 16.3 Å². The number of ether oxygens (including phenoxy) is 1. The lowest BCUT2D eigenvalue weighted by Crippen LogP contribution is -2.52. The molecule has 0 spiro atoms. The molecule has 0 aromatic heterocycles. The SMILES string of the molecule is COC1CN(CCCl)C1. The van der Waals surface area contributed by atoms with Crippen molar-refractivity contribution in [1.29, 1.82) is 0 Å². The van der Waals surface area contributed by atoms with Gasteiger partial charge in [-0.05, 0) is 0 Å². The van der Waals surface area contributed by atoms with Gasteiger partial charge in [-0.2, -0.15) is 0 Å². The van der Waals surface area contributed by atoms with Crippen molar-refractivity contribution in [2.45, 2.75) is 6.10 Å². The second-order valence-corrected chi connectivity index (χ2v) is 2.68. The average Bonchev–Trinajstić information content (AvgIpc) is 1.77. The van der Waals surface area contributed by atoms with Crippen molar-refractivity contribution in [1.82, 2.24) is 4.90 Å². The Morgan fingerprint density at radius 3 is 2.78 bits per heavy atom. The number of halogens is 1. The van der Waals surface area contributed by atoms with Crippen LogP contribution in [-0.2, 0) is 4.74 Å². The molecule has 0 aromatic rings. The van der Waals surface area contributed by atoms with Gasteiger partial charge in [-0.1, -0.05) is 0 Å². The van der Waals surface area contributed by atoms with Crippen molar-refractivity contribution in [2.24, 2.45) is 0 Å². The summed E-state index contributed by atoms with van der Waals surface area (Å²) in [6.07, 6.45) is 0.466. The van der Waals surface area contributed by atoms with Crippen molar-refractivity contribution in [3.8, 4) is 0 Å². The van der Waals surface area contributed by atoms with Gasteiger partial charge in [0.25, 0.3) is 0 Å². The Kier molecular flexibility index (Phi) is 2.76. The number of alkyl halides is 1. The van der Waals surface area contributed by atoms with E-state index in [1.807, 2.05) is 0 Å². The van der Waals surface area contributed by atoms with E-state index < -0.39 is 0 Å². The van der Waals surface area contributed by atoms with Crippen molar-refractivity contribution < 1.29 is 4.74 Å². The van der Waals surface area contributed by atoms with Crippen LogP contribution in [0.1, 0.15) is 0 Å². The normalized spacial score (nSPS) is 22.0. The molecular formula is C6H12ClNO. The lowest BCUT2D eigenvalue weighted by molar-refractivity contribution is -0.0260. The van der Waals surface area contributed by atoms with E-state index in [2.05, 4.69) is 4.90 Å². The summed E-state index contributed by atoms with van der Waals surface area (Å²) in [7, 11) is 1.75. The van der Waals surface area contributed by atoms with Gasteiger partial charge >= 0.3 is 0 Å². The second-order valence-electron chi connectivity index (χ2n) is 2.31. The van der Waals surface area contributed by atoms with Crippen molar-refractivity contribution >= 4 is 11.6 Å². The molecule has 0 bridgehead atoms. The molecular weight excluding hydrogens is 138 g/mol. The minimum atomic E-state index is 0.466. The Hall–Kier alpha value is 0.210. The molecule has 0 N–H and O–H groups in total. The highest BCUT2D eigenvalue weighted by Crippen LogP contribution is 2.09. The average molecular weight is 150 g/mol. The van der Waals surface area contributed by atoms with Crippen LogP contribution in [-0.4, -0.2) is 43.6 Å². The predicted octanol–water partition coefficient (Wildman–Crippen LogP) is 0.556. The summed E-state index contributed by atoms with van der Waals surface area (Å²) in [6.45, 7) is 3.12. The number of hydrogen-bond donors (Lipinski definition) is 0. The van der Waals surface area contributed by atoms with Crippen LogP contribution in [0.25, 0.3) is 0 Å². The molecule has 1 heterocycles. The van der Waals surface area contributed by atoms with Gasteiger partial charge < -0.3 is 4.74 Å². The van der Waals surface area contributed by atoms with Gasteiger partial charge in [-0.3, -0.25) is 4.90 Å². The fourth-order valence-electron chi connectivity index (χ4n) is 0.974. The molecule has 0 radical (unpaired) electrons. The van der Waals surface area contributed by atoms with Crippen LogP contribution >= 0.6 is 11.6 Å². The zero-order valence-electron chi connectivity index (χ0n) is 5.64. The first-order valence-electron chi connectivity index (χ1n) is 3.18. The smallest absolute Gasteiger partial charge is 0.0824 e. The van der Waals surface area contributed by atoms with E-state index >= 15 is 0 Å². The van der Waals surface area contributed by atoms with Gasteiger partial charge in [0.2, 0.25) is 0 Å². The first-order chi connectivity index (χ1) is 4.36. The molecule has 0 amide bonds. The molecule has 1 saturated heterocycles. The molecule has 1 rings (SSSR count). The third-order valence-electron chi connectivity index (χ3n) is 1.66. The molecule has 0 aliphatic carbocycles. The molecule has 1 aliphatic rings. The summed E-state index contributed by atoms with van der Waals surface area (Å²) in [6, 6.07) is 0. The maximum atomic E-state index is 5.52. The van der Waals surface area contributed by atoms with E-state index in [9.17, 15) is 0 Å². The summed E-state index contributed by atoms with van der Waals surface area (Å²) >= 11 is 5.52. The number of nitrogens with zero attached hydrogens (tertiary/aromatic N) is 1. The standard InChI is InChI=1S/C6H12ClNO/c1-9-6-4-8(5-6)3-2-7/h6H,2-5H2,1H3. The number of rotatable bonds is 3. The largest absolute Gasteiger partial charge is 0.379 e. The minimum absolute atomic E-state index is 0.466. The van der Waals surface area contributed by atoms with E-state index in [0.29, 0.717) is 6.10 Å². The molecule has 0 unspecified atom stereocenters. The molecule has 1 aliphatic heterocycles. The highest BCUT2D eigenvalue weighted by molar-refractivity contribution is 6.18. The highest BCUT2D eigenvalue weighted by atomic mass is 35.5. The van der Waals surface area contributed by atoms with Gasteiger partial charge in [-0.15, -0.1) is 11.6 Å². The third kappa shape index (κ3) is 1.81. The minimum Gasteiger partial charge on any atom is -0.379 e. The lowest BCUT2D eigenvalue weighted by atomic mass is 10.2. The van der Waals surface area contributed by atoms with E-state index in [-0.39, 0.29) is 0 Å². The monoisotopic (exact) mass is 149 g/mol. The van der Waals surface area contributed by atoms with Gasteiger partial charge in [0, 0.05) is 32.6 Å². The van der Waals surface area contributed by atoms with Gasteiger partial charge in [0.05, 0.1) is 6.10 Å². The molecule has 2 nitrogen and oxygen atoms in total. The van der Waals surface area contributed by atoms with Crippen LogP contribution in [0.15, 0.2) is 0 Å². The summed E-state index contributed by atoms with van der Waals surface area (Å²) < 4.78 is 5.08. The van der Waals surface area contributed by atoms with Crippen LogP contribution in [0.3, 0.4) is 0 Å². The maximum absolute atomic E-state index is 5.52. The van der Waals surface area contributed by atoms with Crippen LogP contribution in [0, 0.1) is 0 Å². The lowest BCUT2D eigenvalue weighted by Gasteiger charge is -2.37. The number of methoxy groups -OCH3 is 1. The van der Waals surface area contributed by atoms with Crippen molar-refractivity contribution in [3.05, 3.63) is 0 Å². The second kappa shape index (κ2) is 3.40. The van der Waals surface area contributed by atoms with E-state index in [1.165, 1.54) is 0 Å². The van der Waals surface area contributed by atoms with Gasteiger partial charge in [-0.25, -0.2) is 0 Å². The maximum Gasteiger partial charge on any atom is 0.0824 e. The summed E-state index contributed by atoms with van der Waals surface area (Å²) in [4.78, 5) is 2.28. The van der Waals surface area contributed by atoms with Crippen molar-refractivity contribution in [3.63, 3.8) is 0 Å². The zero-order chi connectivity index (χ0) is 6.69. The molecule has 54 valence electrons. The van der Waals surface area contributed by atoms with Crippen LogP contribution in [0.2, 0.25) is 0 Å². The van der Waals surface area contributed by atoms with Crippen LogP contribution in [0.4, 0.5) is 0 Å². The molecule has 3 heteroatoms. The fourth-order valence-corrected chi connectivity index (χ4v) is 1.21. The molecule has 1 fully saturated rings. The molecule has 9 heavy (non-hydrogen) atoms. The van der Waals surface area contributed by atoms with Crippen LogP contribution < -0.4 is 0 Å². The highest BCUT2D eigenvalue weighted by Gasteiger charge is 2.24. The van der Waals surface area contributed by atoms with E-state index in [0.717, 1.165) is 25.5 Å². The Morgan fingerprint density at radius 1 is 1.67 bits per heavy atom. The predicted molar refractivity (Wildman–Crippen MR) is 38.0 cm³/mol. The molecule has 0 aromatic carbocycles. The first kappa shape index (κ1) is 7.32.